The van der Waals surface area contributed by atoms with Crippen LogP contribution in [0.5, 0.6) is 0 Å². The molecule has 3 aromatic rings. The molecule has 1 fully saturated rings. The predicted molar refractivity (Wildman–Crippen MR) is 99.2 cm³/mol. The maximum Gasteiger partial charge on any atom is 0.258 e. The van der Waals surface area contributed by atoms with Gasteiger partial charge in [0, 0.05) is 23.5 Å². The van der Waals surface area contributed by atoms with E-state index in [4.69, 9.17) is 4.52 Å². The number of pyridine rings is 1. The van der Waals surface area contributed by atoms with E-state index in [2.05, 4.69) is 38.6 Å². The zero-order valence-corrected chi connectivity index (χ0v) is 14.8. The molecule has 4 rings (SSSR count). The van der Waals surface area contributed by atoms with Gasteiger partial charge in [0.2, 0.25) is 5.82 Å². The van der Waals surface area contributed by atoms with Crippen LogP contribution in [0.1, 0.15) is 38.2 Å². The highest BCUT2D eigenvalue weighted by atomic mass is 16.5. The topological polar surface area (TPSA) is 63.8 Å². The molecule has 1 aliphatic rings. The number of nitrogens with zero attached hydrogens (tertiary/aromatic N) is 3. The Morgan fingerprint density at radius 3 is 2.52 bits per heavy atom. The second-order valence-corrected chi connectivity index (χ2v) is 5.81. The van der Waals surface area contributed by atoms with E-state index in [9.17, 15) is 0 Å². The summed E-state index contributed by atoms with van der Waals surface area (Å²) in [4.78, 5) is 8.53. The van der Waals surface area contributed by atoms with Crippen molar-refractivity contribution in [3.8, 4) is 22.8 Å². The van der Waals surface area contributed by atoms with Crippen LogP contribution in [0.4, 0.5) is 0 Å². The molecule has 3 heterocycles. The highest BCUT2D eigenvalue weighted by molar-refractivity contribution is 5.60. The van der Waals surface area contributed by atoms with Gasteiger partial charge in [0.25, 0.3) is 5.89 Å². The van der Waals surface area contributed by atoms with Crippen LogP contribution in [0.2, 0.25) is 0 Å². The van der Waals surface area contributed by atoms with Crippen molar-refractivity contribution in [3.63, 3.8) is 0 Å². The van der Waals surface area contributed by atoms with E-state index in [1.807, 2.05) is 32.0 Å². The first-order chi connectivity index (χ1) is 12.4. The molecule has 2 aromatic heterocycles. The summed E-state index contributed by atoms with van der Waals surface area (Å²) < 4.78 is 5.45. The molecule has 0 spiro atoms. The van der Waals surface area contributed by atoms with Gasteiger partial charge in [-0.2, -0.15) is 4.98 Å². The minimum atomic E-state index is 0.563. The molecule has 0 bridgehead atoms. The van der Waals surface area contributed by atoms with Gasteiger partial charge in [-0.05, 0) is 61.7 Å². The lowest BCUT2D eigenvalue weighted by Crippen LogP contribution is -2.26. The van der Waals surface area contributed by atoms with E-state index in [1.165, 1.54) is 18.4 Å². The lowest BCUT2D eigenvalue weighted by atomic mass is 9.89. The summed E-state index contributed by atoms with van der Waals surface area (Å²) in [6, 6.07) is 12.2. The van der Waals surface area contributed by atoms with Crippen LogP contribution in [0, 0.1) is 0 Å². The second kappa shape index (κ2) is 8.53. The van der Waals surface area contributed by atoms with Gasteiger partial charge in [0.1, 0.15) is 0 Å². The molecule has 1 aliphatic heterocycles. The third-order valence-corrected chi connectivity index (χ3v) is 4.31. The number of nitrogens with one attached hydrogen (secondary N) is 1. The van der Waals surface area contributed by atoms with Crippen molar-refractivity contribution in [3.05, 3.63) is 54.4 Å². The van der Waals surface area contributed by atoms with Gasteiger partial charge in [-0.15, -0.1) is 0 Å². The molecular formula is C20H24N4O. The van der Waals surface area contributed by atoms with Crippen LogP contribution in [-0.4, -0.2) is 28.2 Å². The Hall–Kier alpha value is -2.53. The molecular weight excluding hydrogens is 312 g/mol. The van der Waals surface area contributed by atoms with Crippen LogP contribution in [0.25, 0.3) is 22.8 Å². The first kappa shape index (κ1) is 17.3. The Morgan fingerprint density at radius 1 is 1.00 bits per heavy atom. The first-order valence-electron chi connectivity index (χ1n) is 8.95. The van der Waals surface area contributed by atoms with Crippen LogP contribution in [0.3, 0.4) is 0 Å². The fourth-order valence-electron chi connectivity index (χ4n) is 3.04. The van der Waals surface area contributed by atoms with E-state index in [0.29, 0.717) is 17.6 Å². The van der Waals surface area contributed by atoms with Gasteiger partial charge < -0.3 is 9.84 Å². The highest BCUT2D eigenvalue weighted by Crippen LogP contribution is 2.29. The van der Waals surface area contributed by atoms with Crippen molar-refractivity contribution >= 4 is 0 Å². The Labute approximate surface area is 148 Å². The summed E-state index contributed by atoms with van der Waals surface area (Å²) in [7, 11) is 0. The standard InChI is InChI=1S/C18H18N4O.C2H6/c1-2-15(13-4-8-19-9-5-13)12-16(3-1)18-21-17(22-23-18)14-6-10-20-11-7-14;1-2/h1-3,6-7,10-13,19H,4-5,8-9H2;1-2H3. The fraction of sp³-hybridized carbons (Fsp3) is 0.350. The van der Waals surface area contributed by atoms with Gasteiger partial charge in [-0.3, -0.25) is 4.98 Å². The highest BCUT2D eigenvalue weighted by Gasteiger charge is 2.17. The van der Waals surface area contributed by atoms with Gasteiger partial charge in [-0.1, -0.05) is 31.1 Å². The number of aromatic nitrogens is 3. The third kappa shape index (κ3) is 4.12. The number of piperidine rings is 1. The molecule has 0 atom stereocenters. The molecule has 1 saturated heterocycles. The molecule has 0 unspecified atom stereocenters. The van der Waals surface area contributed by atoms with E-state index >= 15 is 0 Å². The maximum atomic E-state index is 5.45. The molecule has 130 valence electrons. The van der Waals surface area contributed by atoms with E-state index < -0.39 is 0 Å². The number of rotatable bonds is 3. The summed E-state index contributed by atoms with van der Waals surface area (Å²) in [5.41, 5.74) is 3.24. The minimum absolute atomic E-state index is 0.563. The molecule has 1 aromatic carbocycles. The first-order valence-corrected chi connectivity index (χ1v) is 8.95. The van der Waals surface area contributed by atoms with Gasteiger partial charge in [0.15, 0.2) is 0 Å². The quantitative estimate of drug-likeness (QED) is 0.773. The summed E-state index contributed by atoms with van der Waals surface area (Å²) in [6.45, 7) is 6.17. The average Bonchev–Trinajstić information content (AvgIpc) is 3.21. The Balaban J connectivity index is 0.000000880. The van der Waals surface area contributed by atoms with Crippen molar-refractivity contribution in [1.29, 1.82) is 0 Å². The van der Waals surface area contributed by atoms with Gasteiger partial charge in [0.05, 0.1) is 0 Å². The van der Waals surface area contributed by atoms with Crippen LogP contribution in [0.15, 0.2) is 53.3 Å². The monoisotopic (exact) mass is 336 g/mol. The summed E-state index contributed by atoms with van der Waals surface area (Å²) >= 11 is 0. The van der Waals surface area contributed by atoms with Crippen molar-refractivity contribution in [2.45, 2.75) is 32.6 Å². The Bertz CT molecular complexity index is 779. The van der Waals surface area contributed by atoms with Crippen molar-refractivity contribution in [2.24, 2.45) is 0 Å². The summed E-state index contributed by atoms with van der Waals surface area (Å²) in [5.74, 6) is 1.76. The maximum absolute atomic E-state index is 5.45. The normalized spacial score (nSPS) is 14.6. The smallest absolute Gasteiger partial charge is 0.258 e. The van der Waals surface area contributed by atoms with E-state index in [0.717, 1.165) is 24.2 Å². The molecule has 0 aliphatic carbocycles. The van der Waals surface area contributed by atoms with E-state index in [1.54, 1.807) is 12.4 Å². The summed E-state index contributed by atoms with van der Waals surface area (Å²) in [5, 5.41) is 7.49. The average molecular weight is 336 g/mol. The molecule has 5 nitrogen and oxygen atoms in total. The fourth-order valence-corrected chi connectivity index (χ4v) is 3.04. The van der Waals surface area contributed by atoms with Crippen LogP contribution < -0.4 is 5.32 Å². The molecule has 0 amide bonds. The largest absolute Gasteiger partial charge is 0.334 e. The lowest BCUT2D eigenvalue weighted by molar-refractivity contribution is 0.432. The van der Waals surface area contributed by atoms with Crippen molar-refractivity contribution in [1.82, 2.24) is 20.4 Å². The third-order valence-electron chi connectivity index (χ3n) is 4.31. The molecule has 0 saturated carbocycles. The SMILES string of the molecule is CC.c1cc(-c2nc(-c3ccncc3)no2)cc(C2CCNCC2)c1. The molecule has 25 heavy (non-hydrogen) atoms. The van der Waals surface area contributed by atoms with Gasteiger partial charge in [-0.25, -0.2) is 0 Å². The lowest BCUT2D eigenvalue weighted by Gasteiger charge is -2.23. The Kier molecular flexibility index (Phi) is 5.90. The number of hydrogen-bond donors (Lipinski definition) is 1. The minimum Gasteiger partial charge on any atom is -0.334 e. The number of hydrogen-bond acceptors (Lipinski definition) is 5. The molecule has 5 heteroatoms. The van der Waals surface area contributed by atoms with Crippen molar-refractivity contribution in [2.75, 3.05) is 13.1 Å². The predicted octanol–water partition coefficient (Wildman–Crippen LogP) is 4.29. The second-order valence-electron chi connectivity index (χ2n) is 5.81. The van der Waals surface area contributed by atoms with Gasteiger partial charge >= 0.3 is 0 Å². The number of benzene rings is 1. The molecule has 0 radical (unpaired) electrons. The molecule has 1 N–H and O–H groups in total. The van der Waals surface area contributed by atoms with Crippen LogP contribution in [-0.2, 0) is 0 Å². The Morgan fingerprint density at radius 2 is 1.76 bits per heavy atom. The van der Waals surface area contributed by atoms with Crippen molar-refractivity contribution < 1.29 is 4.52 Å². The summed E-state index contributed by atoms with van der Waals surface area (Å²) in [6.07, 6.45) is 5.80. The van der Waals surface area contributed by atoms with E-state index in [-0.39, 0.29) is 0 Å². The zero-order valence-electron chi connectivity index (χ0n) is 14.8. The van der Waals surface area contributed by atoms with Crippen LogP contribution >= 0.6 is 0 Å². The zero-order chi connectivity index (χ0) is 17.5.